The predicted molar refractivity (Wildman–Crippen MR) is 75.3 cm³/mol. The van der Waals surface area contributed by atoms with Gasteiger partial charge < -0.3 is 10.1 Å². The minimum Gasteiger partial charge on any atom is -0.467 e. The fourth-order valence-corrected chi connectivity index (χ4v) is 3.95. The zero-order valence-corrected chi connectivity index (χ0v) is 11.7. The molecule has 4 heteroatoms. The highest BCUT2D eigenvalue weighted by Gasteiger charge is 2.56. The molecule has 2 aliphatic carbocycles. The molecule has 19 heavy (non-hydrogen) atoms. The van der Waals surface area contributed by atoms with Crippen molar-refractivity contribution in [1.29, 1.82) is 0 Å². The Kier molecular flexibility index (Phi) is 3.17. The van der Waals surface area contributed by atoms with Crippen LogP contribution in [0, 0.1) is 11.8 Å². The fraction of sp³-hybridized carbons (Fsp3) is 0.533. The first-order valence-electron chi connectivity index (χ1n) is 6.77. The summed E-state index contributed by atoms with van der Waals surface area (Å²) in [6.45, 7) is 0. The van der Waals surface area contributed by atoms with Gasteiger partial charge in [-0.05, 0) is 49.7 Å². The van der Waals surface area contributed by atoms with Crippen molar-refractivity contribution < 1.29 is 9.53 Å². The van der Waals surface area contributed by atoms with Crippen LogP contribution in [-0.4, -0.2) is 18.6 Å². The molecule has 3 unspecified atom stereocenters. The van der Waals surface area contributed by atoms with Gasteiger partial charge in [0.1, 0.15) is 5.54 Å². The number of anilines is 1. The largest absolute Gasteiger partial charge is 0.467 e. The number of carbonyl (C=O) groups is 1. The number of halogens is 1. The van der Waals surface area contributed by atoms with E-state index in [1.807, 2.05) is 24.3 Å². The van der Waals surface area contributed by atoms with Gasteiger partial charge >= 0.3 is 5.97 Å². The van der Waals surface area contributed by atoms with E-state index in [0.717, 1.165) is 24.9 Å². The molecule has 0 spiro atoms. The monoisotopic (exact) mass is 279 g/mol. The molecule has 0 radical (unpaired) electrons. The van der Waals surface area contributed by atoms with Crippen LogP contribution >= 0.6 is 11.6 Å². The third kappa shape index (κ3) is 2.00. The molecule has 102 valence electrons. The third-order valence-electron chi connectivity index (χ3n) is 4.63. The van der Waals surface area contributed by atoms with Crippen molar-refractivity contribution in [3.63, 3.8) is 0 Å². The number of hydrogen-bond donors (Lipinski definition) is 1. The van der Waals surface area contributed by atoms with Gasteiger partial charge in [0.05, 0.1) is 17.8 Å². The van der Waals surface area contributed by atoms with Crippen LogP contribution in [0.5, 0.6) is 0 Å². The number of carbonyl (C=O) groups excluding carboxylic acids is 1. The fourth-order valence-electron chi connectivity index (χ4n) is 3.77. The molecule has 2 fully saturated rings. The Bertz CT molecular complexity index is 505. The van der Waals surface area contributed by atoms with Gasteiger partial charge in [0.2, 0.25) is 0 Å². The molecule has 0 aromatic heterocycles. The summed E-state index contributed by atoms with van der Waals surface area (Å²) in [5, 5.41) is 4.05. The van der Waals surface area contributed by atoms with Gasteiger partial charge in [0, 0.05) is 0 Å². The molecular formula is C15H18ClNO2. The van der Waals surface area contributed by atoms with E-state index in [1.54, 1.807) is 0 Å². The summed E-state index contributed by atoms with van der Waals surface area (Å²) in [5.41, 5.74) is 0.241. The number of methoxy groups -OCH3 is 1. The second-order valence-electron chi connectivity index (χ2n) is 5.65. The molecule has 3 atom stereocenters. The van der Waals surface area contributed by atoms with Crippen LogP contribution in [0.1, 0.15) is 25.7 Å². The van der Waals surface area contributed by atoms with Crippen molar-refractivity contribution in [3.05, 3.63) is 29.3 Å². The highest BCUT2D eigenvalue weighted by Crippen LogP contribution is 2.52. The molecule has 1 aromatic carbocycles. The van der Waals surface area contributed by atoms with Crippen LogP contribution in [0.2, 0.25) is 5.02 Å². The van der Waals surface area contributed by atoms with Gasteiger partial charge in [0.15, 0.2) is 0 Å². The van der Waals surface area contributed by atoms with Gasteiger partial charge in [-0.15, -0.1) is 0 Å². The molecule has 0 saturated heterocycles. The molecular weight excluding hydrogens is 262 g/mol. The summed E-state index contributed by atoms with van der Waals surface area (Å²) in [4.78, 5) is 12.3. The number of nitrogens with one attached hydrogen (secondary N) is 1. The van der Waals surface area contributed by atoms with E-state index in [1.165, 1.54) is 13.5 Å². The standard InChI is InChI=1S/C15H18ClNO2/c1-19-14(18)15(9-10-6-7-11(15)8-10)17-13-5-3-2-4-12(13)16/h2-5,10-11,17H,6-9H2,1H3. The number of esters is 1. The first-order valence-corrected chi connectivity index (χ1v) is 7.14. The van der Waals surface area contributed by atoms with Gasteiger partial charge in [0.25, 0.3) is 0 Å². The lowest BCUT2D eigenvalue weighted by molar-refractivity contribution is -0.148. The van der Waals surface area contributed by atoms with Crippen LogP contribution in [-0.2, 0) is 9.53 Å². The topological polar surface area (TPSA) is 38.3 Å². The Balaban J connectivity index is 1.93. The van der Waals surface area contributed by atoms with Crippen molar-refractivity contribution in [1.82, 2.24) is 0 Å². The first-order chi connectivity index (χ1) is 9.15. The maximum atomic E-state index is 12.3. The summed E-state index contributed by atoms with van der Waals surface area (Å²) < 4.78 is 5.06. The van der Waals surface area contributed by atoms with E-state index in [9.17, 15) is 4.79 Å². The Hall–Kier alpha value is -1.22. The number of benzene rings is 1. The molecule has 2 saturated carbocycles. The molecule has 2 aliphatic rings. The number of para-hydroxylation sites is 1. The van der Waals surface area contributed by atoms with Crippen molar-refractivity contribution >= 4 is 23.3 Å². The summed E-state index contributed by atoms with van der Waals surface area (Å²) in [6.07, 6.45) is 4.30. The number of rotatable bonds is 3. The summed E-state index contributed by atoms with van der Waals surface area (Å²) in [6, 6.07) is 7.56. The van der Waals surface area contributed by atoms with Crippen LogP contribution in [0.3, 0.4) is 0 Å². The highest BCUT2D eigenvalue weighted by atomic mass is 35.5. The molecule has 3 nitrogen and oxygen atoms in total. The Morgan fingerprint density at radius 3 is 2.79 bits per heavy atom. The number of fused-ring (bicyclic) bond motifs is 2. The van der Waals surface area contributed by atoms with E-state index in [2.05, 4.69) is 5.32 Å². The van der Waals surface area contributed by atoms with Crippen LogP contribution in [0.15, 0.2) is 24.3 Å². The number of hydrogen-bond acceptors (Lipinski definition) is 3. The van der Waals surface area contributed by atoms with Gasteiger partial charge in [-0.25, -0.2) is 4.79 Å². The lowest BCUT2D eigenvalue weighted by Gasteiger charge is -2.36. The van der Waals surface area contributed by atoms with Crippen molar-refractivity contribution in [3.8, 4) is 0 Å². The molecule has 2 bridgehead atoms. The molecule has 0 amide bonds. The quantitative estimate of drug-likeness (QED) is 0.861. The summed E-state index contributed by atoms with van der Waals surface area (Å²) >= 11 is 6.20. The van der Waals surface area contributed by atoms with Gasteiger partial charge in [-0.1, -0.05) is 23.7 Å². The van der Waals surface area contributed by atoms with E-state index < -0.39 is 5.54 Å². The Labute approximate surface area is 118 Å². The van der Waals surface area contributed by atoms with Crippen molar-refractivity contribution in [2.45, 2.75) is 31.2 Å². The van der Waals surface area contributed by atoms with E-state index in [-0.39, 0.29) is 5.97 Å². The maximum absolute atomic E-state index is 12.3. The smallest absolute Gasteiger partial charge is 0.331 e. The van der Waals surface area contributed by atoms with Gasteiger partial charge in [-0.2, -0.15) is 0 Å². The van der Waals surface area contributed by atoms with Crippen LogP contribution < -0.4 is 5.32 Å². The Morgan fingerprint density at radius 2 is 2.21 bits per heavy atom. The van der Waals surface area contributed by atoms with Gasteiger partial charge in [-0.3, -0.25) is 0 Å². The zero-order chi connectivity index (χ0) is 13.5. The van der Waals surface area contributed by atoms with Crippen LogP contribution in [0.25, 0.3) is 0 Å². The molecule has 0 heterocycles. The minimum atomic E-state index is -0.581. The maximum Gasteiger partial charge on any atom is 0.331 e. The molecule has 1 N–H and O–H groups in total. The summed E-state index contributed by atoms with van der Waals surface area (Å²) in [7, 11) is 1.46. The second kappa shape index (κ2) is 4.71. The van der Waals surface area contributed by atoms with E-state index in [0.29, 0.717) is 16.9 Å². The molecule has 0 aliphatic heterocycles. The number of ether oxygens (including phenoxy) is 1. The minimum absolute atomic E-state index is 0.153. The van der Waals surface area contributed by atoms with E-state index >= 15 is 0 Å². The lowest BCUT2D eigenvalue weighted by Crippen LogP contribution is -2.51. The van der Waals surface area contributed by atoms with E-state index in [4.69, 9.17) is 16.3 Å². The third-order valence-corrected chi connectivity index (χ3v) is 4.96. The second-order valence-corrected chi connectivity index (χ2v) is 6.06. The molecule has 1 aromatic rings. The van der Waals surface area contributed by atoms with Crippen molar-refractivity contribution in [2.24, 2.45) is 11.8 Å². The SMILES string of the molecule is COC(=O)C1(Nc2ccccc2Cl)CC2CCC1C2. The van der Waals surface area contributed by atoms with Crippen LogP contribution in [0.4, 0.5) is 5.69 Å². The first kappa shape index (κ1) is 12.8. The predicted octanol–water partition coefficient (Wildman–Crippen LogP) is 3.48. The summed E-state index contributed by atoms with van der Waals surface area (Å²) in [5.74, 6) is 0.847. The normalized spacial score (nSPS) is 32.3. The average molecular weight is 280 g/mol. The highest BCUT2D eigenvalue weighted by molar-refractivity contribution is 6.33. The molecule has 3 rings (SSSR count). The zero-order valence-electron chi connectivity index (χ0n) is 11.0. The van der Waals surface area contributed by atoms with Crippen molar-refractivity contribution in [2.75, 3.05) is 12.4 Å². The average Bonchev–Trinajstić information content (AvgIpc) is 3.01. The Morgan fingerprint density at radius 1 is 1.42 bits per heavy atom. The lowest BCUT2D eigenvalue weighted by atomic mass is 9.80.